The minimum absolute atomic E-state index is 0.0208. The SMILES string of the molecule is CC(C)C[C@@H](NC(=O)C=Cc1cccc(O)c1)C(=O)O.CC(C)[C@@H](N)C(=O)O.C[C@@H](N)C(=O)O.N[C@H](Cc1ccccc1)C(=O)O.N[C@H](Cc1ccccc1)C(=O)O. The lowest BCUT2D eigenvalue weighted by molar-refractivity contribution is -0.142. The smallest absolute Gasteiger partial charge is 0.326 e. The Balaban J connectivity index is 0. The van der Waals surface area contributed by atoms with E-state index in [9.17, 15) is 33.9 Å². The number of phenolic OH excluding ortho intramolecular Hbond substituents is 1. The van der Waals surface area contributed by atoms with E-state index in [0.717, 1.165) is 11.1 Å². The second kappa shape index (κ2) is 30.1. The van der Waals surface area contributed by atoms with Gasteiger partial charge in [0.2, 0.25) is 5.91 Å². The molecule has 0 saturated carbocycles. The van der Waals surface area contributed by atoms with E-state index in [0.29, 0.717) is 24.8 Å². The van der Waals surface area contributed by atoms with Crippen LogP contribution < -0.4 is 28.3 Å². The van der Waals surface area contributed by atoms with Crippen LogP contribution >= 0.6 is 0 Å². The predicted molar refractivity (Wildman–Crippen MR) is 219 cm³/mol. The molecule has 320 valence electrons. The third-order valence-electron chi connectivity index (χ3n) is 7.24. The number of amides is 1. The van der Waals surface area contributed by atoms with Crippen molar-refractivity contribution in [2.75, 3.05) is 0 Å². The molecule has 0 aliphatic carbocycles. The van der Waals surface area contributed by atoms with E-state index in [1.165, 1.54) is 31.2 Å². The van der Waals surface area contributed by atoms with Gasteiger partial charge in [-0.05, 0) is 72.9 Å². The highest BCUT2D eigenvalue weighted by atomic mass is 16.4. The van der Waals surface area contributed by atoms with Crippen LogP contribution in [-0.4, -0.2) is 96.6 Å². The minimum atomic E-state index is -1.04. The summed E-state index contributed by atoms with van der Waals surface area (Å²) < 4.78 is 0. The van der Waals surface area contributed by atoms with Crippen molar-refractivity contribution in [3.63, 3.8) is 0 Å². The molecule has 0 radical (unpaired) electrons. The zero-order valence-electron chi connectivity index (χ0n) is 33.3. The van der Waals surface area contributed by atoms with Gasteiger partial charge in [0, 0.05) is 6.08 Å². The number of hydrogen-bond donors (Lipinski definition) is 11. The van der Waals surface area contributed by atoms with Crippen molar-refractivity contribution in [3.8, 4) is 5.75 Å². The monoisotopic (exact) mass is 813 g/mol. The molecule has 0 fully saturated rings. The normalized spacial score (nSPS) is 12.8. The summed E-state index contributed by atoms with van der Waals surface area (Å²) in [5.41, 5.74) is 23.3. The molecule has 3 aromatic rings. The summed E-state index contributed by atoms with van der Waals surface area (Å²) in [5.74, 6) is -5.03. The largest absolute Gasteiger partial charge is 0.508 e. The van der Waals surface area contributed by atoms with Crippen LogP contribution in [0.5, 0.6) is 5.75 Å². The van der Waals surface area contributed by atoms with E-state index in [1.54, 1.807) is 26.0 Å². The maximum absolute atomic E-state index is 11.7. The van der Waals surface area contributed by atoms with Crippen LogP contribution in [0.4, 0.5) is 0 Å². The first-order valence-electron chi connectivity index (χ1n) is 18.0. The summed E-state index contributed by atoms with van der Waals surface area (Å²) in [6, 6.07) is 21.2. The molecule has 0 saturated heterocycles. The van der Waals surface area contributed by atoms with Crippen molar-refractivity contribution in [2.45, 2.75) is 84.1 Å². The van der Waals surface area contributed by atoms with Crippen LogP contribution in [0.2, 0.25) is 0 Å². The first kappa shape index (κ1) is 54.0. The van der Waals surface area contributed by atoms with Crippen molar-refractivity contribution in [2.24, 2.45) is 34.8 Å². The number of carboxylic acids is 5. The topological polar surface area (TPSA) is 340 Å². The number of carbonyl (C=O) groups excluding carboxylic acids is 1. The first-order valence-corrected chi connectivity index (χ1v) is 18.0. The fourth-order valence-corrected chi connectivity index (χ4v) is 3.91. The van der Waals surface area contributed by atoms with Gasteiger partial charge in [-0.25, -0.2) is 4.79 Å². The van der Waals surface area contributed by atoms with Crippen LogP contribution in [0.3, 0.4) is 0 Å². The molecule has 0 aromatic heterocycles. The van der Waals surface area contributed by atoms with Crippen LogP contribution in [0, 0.1) is 11.8 Å². The van der Waals surface area contributed by atoms with E-state index in [-0.39, 0.29) is 17.6 Å². The fraction of sp³-hybridized carbons (Fsp3) is 0.366. The Morgan fingerprint density at radius 2 is 1.03 bits per heavy atom. The summed E-state index contributed by atoms with van der Waals surface area (Å²) in [7, 11) is 0. The number of phenols is 1. The third-order valence-corrected chi connectivity index (χ3v) is 7.24. The number of aromatic hydroxyl groups is 1. The third kappa shape index (κ3) is 28.3. The molecule has 0 unspecified atom stereocenters. The second-order valence-corrected chi connectivity index (χ2v) is 13.5. The Bertz CT molecular complexity index is 1650. The lowest BCUT2D eigenvalue weighted by Gasteiger charge is -2.15. The van der Waals surface area contributed by atoms with Crippen molar-refractivity contribution in [1.29, 1.82) is 0 Å². The van der Waals surface area contributed by atoms with Crippen LogP contribution in [-0.2, 0) is 41.6 Å². The number of aliphatic carboxylic acids is 5. The summed E-state index contributed by atoms with van der Waals surface area (Å²) in [6.07, 6.45) is 3.92. The number of nitrogens with two attached hydrogens (primary N) is 4. The van der Waals surface area contributed by atoms with Crippen molar-refractivity contribution < 1.29 is 59.4 Å². The molecule has 3 rings (SSSR count). The zero-order chi connectivity index (χ0) is 45.0. The van der Waals surface area contributed by atoms with Gasteiger partial charge in [0.05, 0.1) is 0 Å². The van der Waals surface area contributed by atoms with Gasteiger partial charge in [0.1, 0.15) is 36.0 Å². The van der Waals surface area contributed by atoms with E-state index in [2.05, 4.69) is 5.32 Å². The highest BCUT2D eigenvalue weighted by Crippen LogP contribution is 2.12. The van der Waals surface area contributed by atoms with Gasteiger partial charge in [0.25, 0.3) is 0 Å². The Kier molecular flexibility index (Phi) is 28.0. The molecule has 0 bridgehead atoms. The quantitative estimate of drug-likeness (QED) is 0.0983. The van der Waals surface area contributed by atoms with Gasteiger partial charge in [-0.2, -0.15) is 0 Å². The standard InChI is InChI=1S/C15H19NO4.2C9H11NO2.C5H11NO2.C3H7NO2/c1-10(2)8-13(15(19)20)16-14(18)7-6-11-4-3-5-12(17)9-11;2*10-8(9(11)12)6-7-4-2-1-3-5-7;1-3(2)4(6)5(7)8;1-2(4)3(5)6/h3-7,9-10,13,17H,8H2,1-2H3,(H,16,18)(H,19,20);2*1-5,8H,6,10H2,(H,11,12);3-4H,6H2,1-2H3,(H,7,8);2H,4H2,1H3,(H,5,6)/t13-;2*8-;4-;2-/m11111/s1. The lowest BCUT2D eigenvalue weighted by atomic mass is 10.0. The van der Waals surface area contributed by atoms with Crippen LogP contribution in [0.25, 0.3) is 6.08 Å². The molecule has 17 heteroatoms. The molecule has 0 heterocycles. The average molecular weight is 814 g/mol. The Hall–Kier alpha value is -6.14. The van der Waals surface area contributed by atoms with Gasteiger partial charge in [-0.3, -0.25) is 24.0 Å². The second-order valence-electron chi connectivity index (χ2n) is 13.5. The van der Waals surface area contributed by atoms with Crippen molar-refractivity contribution in [1.82, 2.24) is 5.32 Å². The molecule has 58 heavy (non-hydrogen) atoms. The number of benzene rings is 3. The minimum Gasteiger partial charge on any atom is -0.508 e. The summed E-state index contributed by atoms with van der Waals surface area (Å²) >= 11 is 0. The zero-order valence-corrected chi connectivity index (χ0v) is 33.3. The first-order chi connectivity index (χ1) is 27.0. The number of carboxylic acid groups (broad SMARTS) is 5. The van der Waals surface area contributed by atoms with Gasteiger partial charge in [-0.15, -0.1) is 0 Å². The van der Waals surface area contributed by atoms with E-state index >= 15 is 0 Å². The molecule has 15 N–H and O–H groups in total. The van der Waals surface area contributed by atoms with Gasteiger partial charge in [0.15, 0.2) is 0 Å². The molecular formula is C41H59N5O12. The highest BCUT2D eigenvalue weighted by Gasteiger charge is 2.20. The Labute approximate surface area is 338 Å². The Morgan fingerprint density at radius 1 is 0.603 bits per heavy atom. The molecule has 1 amide bonds. The Morgan fingerprint density at radius 3 is 1.33 bits per heavy atom. The molecule has 3 aromatic carbocycles. The fourth-order valence-electron chi connectivity index (χ4n) is 3.91. The number of nitrogens with one attached hydrogen (secondary N) is 1. The maximum Gasteiger partial charge on any atom is 0.326 e. The van der Waals surface area contributed by atoms with Crippen LogP contribution in [0.1, 0.15) is 57.7 Å². The molecule has 0 aliphatic heterocycles. The van der Waals surface area contributed by atoms with Crippen molar-refractivity contribution in [3.05, 3.63) is 108 Å². The molecule has 5 atom stereocenters. The molecule has 0 spiro atoms. The molecular weight excluding hydrogens is 754 g/mol. The van der Waals surface area contributed by atoms with Gasteiger partial charge in [-0.1, -0.05) is 100 Å². The summed E-state index contributed by atoms with van der Waals surface area (Å²) in [6.45, 7) is 8.76. The molecule has 17 nitrogen and oxygen atoms in total. The maximum atomic E-state index is 11.7. The van der Waals surface area contributed by atoms with E-state index in [4.69, 9.17) is 48.5 Å². The predicted octanol–water partition coefficient (Wildman–Crippen LogP) is 2.78. The van der Waals surface area contributed by atoms with Crippen molar-refractivity contribution >= 4 is 41.8 Å². The van der Waals surface area contributed by atoms with Gasteiger partial charge >= 0.3 is 29.8 Å². The highest BCUT2D eigenvalue weighted by molar-refractivity contribution is 5.94. The average Bonchev–Trinajstić information content (AvgIpc) is 3.15. The summed E-state index contributed by atoms with van der Waals surface area (Å²) in [5, 5.41) is 53.9. The number of rotatable bonds is 15. The van der Waals surface area contributed by atoms with E-state index < -0.39 is 66.0 Å². The van der Waals surface area contributed by atoms with Crippen LogP contribution in [0.15, 0.2) is 91.0 Å². The number of carbonyl (C=O) groups is 6. The van der Waals surface area contributed by atoms with E-state index in [1.807, 2.05) is 74.5 Å². The summed E-state index contributed by atoms with van der Waals surface area (Å²) in [4.78, 5) is 63.0. The van der Waals surface area contributed by atoms with Gasteiger partial charge < -0.3 is 58.9 Å². The molecule has 0 aliphatic rings. The number of hydrogen-bond acceptors (Lipinski definition) is 11. The lowest BCUT2D eigenvalue weighted by Crippen LogP contribution is -2.40.